The zero-order valence-electron chi connectivity index (χ0n) is 10.6. The third kappa shape index (κ3) is 6.26. The SMILES string of the molecule is COCC(C)NCc1ccc(OC(F)(F)F)c(Br)c1. The van der Waals surface area contributed by atoms with E-state index < -0.39 is 6.36 Å². The van der Waals surface area contributed by atoms with Crippen LogP contribution in [0.25, 0.3) is 0 Å². The number of ether oxygens (including phenoxy) is 2. The van der Waals surface area contributed by atoms with E-state index in [9.17, 15) is 13.2 Å². The smallest absolute Gasteiger partial charge is 0.405 e. The van der Waals surface area contributed by atoms with Crippen LogP contribution in [-0.2, 0) is 11.3 Å². The number of rotatable bonds is 6. The van der Waals surface area contributed by atoms with Gasteiger partial charge in [-0.05, 0) is 40.5 Å². The van der Waals surface area contributed by atoms with E-state index in [1.807, 2.05) is 6.92 Å². The van der Waals surface area contributed by atoms with Crippen molar-refractivity contribution in [3.8, 4) is 5.75 Å². The quantitative estimate of drug-likeness (QED) is 0.859. The van der Waals surface area contributed by atoms with Gasteiger partial charge >= 0.3 is 6.36 Å². The van der Waals surface area contributed by atoms with Gasteiger partial charge in [-0.1, -0.05) is 6.07 Å². The predicted octanol–water partition coefficient (Wildman–Crippen LogP) is 3.47. The molecule has 0 radical (unpaired) electrons. The number of nitrogens with one attached hydrogen (secondary N) is 1. The minimum Gasteiger partial charge on any atom is -0.405 e. The van der Waals surface area contributed by atoms with Gasteiger partial charge in [-0.25, -0.2) is 0 Å². The molecule has 1 atom stereocenters. The van der Waals surface area contributed by atoms with Gasteiger partial charge in [0.1, 0.15) is 5.75 Å². The molecule has 7 heteroatoms. The molecule has 0 aliphatic heterocycles. The van der Waals surface area contributed by atoms with Gasteiger partial charge in [-0.3, -0.25) is 0 Å². The van der Waals surface area contributed by atoms with Crippen LogP contribution in [-0.4, -0.2) is 26.1 Å². The van der Waals surface area contributed by atoms with E-state index in [1.54, 1.807) is 19.2 Å². The Bertz CT molecular complexity index is 412. The van der Waals surface area contributed by atoms with Gasteiger partial charge < -0.3 is 14.8 Å². The molecule has 1 rings (SSSR count). The van der Waals surface area contributed by atoms with Gasteiger partial charge in [0.05, 0.1) is 11.1 Å². The summed E-state index contributed by atoms with van der Waals surface area (Å²) < 4.78 is 45.4. The van der Waals surface area contributed by atoms with Crippen LogP contribution < -0.4 is 10.1 Å². The summed E-state index contributed by atoms with van der Waals surface area (Å²) in [6.07, 6.45) is -4.69. The zero-order chi connectivity index (χ0) is 14.5. The summed E-state index contributed by atoms with van der Waals surface area (Å²) in [6.45, 7) is 3.06. The number of alkyl halides is 3. The molecule has 1 N–H and O–H groups in total. The largest absolute Gasteiger partial charge is 0.573 e. The minimum atomic E-state index is -4.69. The van der Waals surface area contributed by atoms with E-state index in [4.69, 9.17) is 4.74 Å². The van der Waals surface area contributed by atoms with E-state index in [2.05, 4.69) is 26.0 Å². The summed E-state index contributed by atoms with van der Waals surface area (Å²) in [5, 5.41) is 3.19. The topological polar surface area (TPSA) is 30.5 Å². The third-order valence-electron chi connectivity index (χ3n) is 2.29. The van der Waals surface area contributed by atoms with Gasteiger partial charge in [0.2, 0.25) is 0 Å². The molecule has 19 heavy (non-hydrogen) atoms. The first-order valence-electron chi connectivity index (χ1n) is 5.58. The first kappa shape index (κ1) is 16.3. The van der Waals surface area contributed by atoms with Gasteiger partial charge in [0.25, 0.3) is 0 Å². The lowest BCUT2D eigenvalue weighted by Crippen LogP contribution is -2.29. The molecule has 0 heterocycles. The summed E-state index contributed by atoms with van der Waals surface area (Å²) in [4.78, 5) is 0. The first-order valence-corrected chi connectivity index (χ1v) is 6.37. The minimum absolute atomic E-state index is 0.162. The number of hydrogen-bond donors (Lipinski definition) is 1. The van der Waals surface area contributed by atoms with Crippen LogP contribution in [0.4, 0.5) is 13.2 Å². The normalized spacial score (nSPS) is 13.4. The molecule has 0 aromatic heterocycles. The third-order valence-corrected chi connectivity index (χ3v) is 2.91. The fourth-order valence-corrected chi connectivity index (χ4v) is 1.97. The summed E-state index contributed by atoms with van der Waals surface area (Å²) in [7, 11) is 1.61. The predicted molar refractivity (Wildman–Crippen MR) is 69.0 cm³/mol. The van der Waals surface area contributed by atoms with Gasteiger partial charge in [0.15, 0.2) is 0 Å². The Hall–Kier alpha value is -0.790. The van der Waals surface area contributed by atoms with Crippen molar-refractivity contribution in [2.24, 2.45) is 0 Å². The molecular formula is C12H15BrF3NO2. The molecule has 1 aromatic rings. The van der Waals surface area contributed by atoms with E-state index in [0.717, 1.165) is 5.56 Å². The molecule has 3 nitrogen and oxygen atoms in total. The van der Waals surface area contributed by atoms with Gasteiger partial charge in [-0.2, -0.15) is 0 Å². The van der Waals surface area contributed by atoms with Crippen molar-refractivity contribution >= 4 is 15.9 Å². The van der Waals surface area contributed by atoms with Crippen LogP contribution in [0.3, 0.4) is 0 Å². The van der Waals surface area contributed by atoms with E-state index in [0.29, 0.717) is 13.2 Å². The van der Waals surface area contributed by atoms with Crippen LogP contribution in [0.1, 0.15) is 12.5 Å². The van der Waals surface area contributed by atoms with Crippen molar-refractivity contribution in [1.82, 2.24) is 5.32 Å². The monoisotopic (exact) mass is 341 g/mol. The van der Waals surface area contributed by atoms with Crippen LogP contribution in [0.15, 0.2) is 22.7 Å². The molecule has 0 spiro atoms. The van der Waals surface area contributed by atoms with Crippen LogP contribution in [0.5, 0.6) is 5.75 Å². The Morgan fingerprint density at radius 3 is 2.58 bits per heavy atom. The number of methoxy groups -OCH3 is 1. The molecule has 0 amide bonds. The molecule has 0 fully saturated rings. The molecule has 0 saturated heterocycles. The van der Waals surface area contributed by atoms with Crippen LogP contribution in [0.2, 0.25) is 0 Å². The molecule has 1 aromatic carbocycles. The second-order valence-electron chi connectivity index (χ2n) is 4.05. The maximum Gasteiger partial charge on any atom is 0.573 e. The van der Waals surface area contributed by atoms with E-state index in [-0.39, 0.29) is 16.3 Å². The van der Waals surface area contributed by atoms with Gasteiger partial charge in [0, 0.05) is 19.7 Å². The summed E-state index contributed by atoms with van der Waals surface area (Å²) >= 11 is 3.06. The van der Waals surface area contributed by atoms with Crippen LogP contribution in [0, 0.1) is 0 Å². The zero-order valence-corrected chi connectivity index (χ0v) is 12.1. The van der Waals surface area contributed by atoms with Crippen molar-refractivity contribution in [1.29, 1.82) is 0 Å². The average molecular weight is 342 g/mol. The molecule has 0 saturated carbocycles. The molecule has 0 aliphatic carbocycles. The molecule has 1 unspecified atom stereocenters. The Kier molecular flexibility index (Phi) is 6.09. The number of benzene rings is 1. The van der Waals surface area contributed by atoms with Crippen molar-refractivity contribution < 1.29 is 22.6 Å². The second kappa shape index (κ2) is 7.12. The summed E-state index contributed by atoms with van der Waals surface area (Å²) in [6, 6.07) is 4.62. The van der Waals surface area contributed by atoms with Crippen molar-refractivity contribution in [2.75, 3.05) is 13.7 Å². The fourth-order valence-electron chi connectivity index (χ4n) is 1.46. The van der Waals surface area contributed by atoms with Crippen molar-refractivity contribution in [2.45, 2.75) is 25.9 Å². The molecular weight excluding hydrogens is 327 g/mol. The lowest BCUT2D eigenvalue weighted by Gasteiger charge is -2.14. The summed E-state index contributed by atoms with van der Waals surface area (Å²) in [5.41, 5.74) is 0.851. The number of hydrogen-bond acceptors (Lipinski definition) is 3. The standard InChI is InChI=1S/C12H15BrF3NO2/c1-8(7-18-2)17-6-9-3-4-11(10(13)5-9)19-12(14,15)16/h3-5,8,17H,6-7H2,1-2H3. The lowest BCUT2D eigenvalue weighted by molar-refractivity contribution is -0.274. The summed E-state index contributed by atoms with van der Waals surface area (Å²) in [5.74, 6) is -0.249. The highest BCUT2D eigenvalue weighted by Gasteiger charge is 2.31. The fraction of sp³-hybridized carbons (Fsp3) is 0.500. The lowest BCUT2D eigenvalue weighted by atomic mass is 10.2. The Morgan fingerprint density at radius 1 is 1.37 bits per heavy atom. The highest BCUT2D eigenvalue weighted by Crippen LogP contribution is 2.31. The van der Waals surface area contributed by atoms with Crippen molar-refractivity contribution in [3.05, 3.63) is 28.2 Å². The Balaban J connectivity index is 2.61. The Morgan fingerprint density at radius 2 is 2.05 bits per heavy atom. The van der Waals surface area contributed by atoms with Crippen molar-refractivity contribution in [3.63, 3.8) is 0 Å². The highest BCUT2D eigenvalue weighted by molar-refractivity contribution is 9.10. The highest BCUT2D eigenvalue weighted by atomic mass is 79.9. The molecule has 0 bridgehead atoms. The first-order chi connectivity index (χ1) is 8.81. The Labute approximate surface area is 118 Å². The second-order valence-corrected chi connectivity index (χ2v) is 4.90. The van der Waals surface area contributed by atoms with Crippen LogP contribution >= 0.6 is 15.9 Å². The number of halogens is 4. The maximum atomic E-state index is 12.1. The maximum absolute atomic E-state index is 12.1. The van der Waals surface area contributed by atoms with Gasteiger partial charge in [-0.15, -0.1) is 13.2 Å². The molecule has 108 valence electrons. The molecule has 0 aliphatic rings. The van der Waals surface area contributed by atoms with E-state index in [1.165, 1.54) is 6.07 Å². The average Bonchev–Trinajstić information content (AvgIpc) is 2.28. The van der Waals surface area contributed by atoms with E-state index >= 15 is 0 Å².